The monoisotopic (exact) mass is 768 g/mol. The van der Waals surface area contributed by atoms with Gasteiger partial charge in [-0.2, -0.15) is 10.4 Å². The predicted octanol–water partition coefficient (Wildman–Crippen LogP) is 10.3. The lowest BCUT2D eigenvalue weighted by Crippen LogP contribution is -2.30. The molecule has 3 aromatic heterocycles. The van der Waals surface area contributed by atoms with E-state index in [1.165, 1.54) is 103 Å². The third-order valence-electron chi connectivity index (χ3n) is 10.5. The van der Waals surface area contributed by atoms with Gasteiger partial charge in [-0.25, -0.2) is 19.0 Å². The van der Waals surface area contributed by atoms with Crippen LogP contribution in [0.2, 0.25) is 0 Å². The zero-order valence-corrected chi connectivity index (χ0v) is 33.7. The average molecular weight is 769 g/mol. The van der Waals surface area contributed by atoms with Crippen molar-refractivity contribution in [3.05, 3.63) is 53.7 Å². The molecule has 12 nitrogen and oxygen atoms in total. The van der Waals surface area contributed by atoms with Crippen molar-refractivity contribution in [2.45, 2.75) is 173 Å². The minimum Gasteiger partial charge on any atom is -0.382 e. The molecule has 0 amide bonds. The Hall–Kier alpha value is -2.91. The lowest BCUT2D eigenvalue weighted by atomic mass is 10.0. The van der Waals surface area contributed by atoms with Crippen molar-refractivity contribution in [2.24, 2.45) is 0 Å². The Labute approximate surface area is 323 Å². The molecule has 4 rings (SSSR count). The molecule has 3 aromatic rings. The van der Waals surface area contributed by atoms with Crippen LogP contribution in [0.1, 0.15) is 172 Å². The van der Waals surface area contributed by atoms with E-state index >= 15 is 0 Å². The van der Waals surface area contributed by atoms with Gasteiger partial charge in [-0.3, -0.25) is 9.05 Å². The second-order valence-electron chi connectivity index (χ2n) is 15.2. The molecule has 1 aliphatic heterocycles. The Kier molecular flexibility index (Phi) is 19.4. The lowest BCUT2D eigenvalue weighted by Gasteiger charge is -2.26. The molecule has 4 atom stereocenters. The molecule has 0 spiro atoms. The molecule has 13 heteroatoms. The summed E-state index contributed by atoms with van der Waals surface area (Å²) in [6.45, 7) is 4.19. The topological polar surface area (TPSA) is 167 Å². The SMILES string of the molecule is CCCCCCCCCCCCCCCCCCCC[C@H](COP(=O)(O)OC[C@]1(C)CC[C@H](c2ccc3c(N)ncnn23)O1)OCc1ccc(C#N)nc1. The Bertz CT molecular complexity index is 1580. The number of hydrogen-bond donors (Lipinski definition) is 2. The Morgan fingerprint density at radius 2 is 1.57 bits per heavy atom. The molecule has 1 aliphatic rings. The number of nitrogens with zero attached hydrogens (tertiary/aromatic N) is 5. The largest absolute Gasteiger partial charge is 0.472 e. The highest BCUT2D eigenvalue weighted by atomic mass is 31.2. The Morgan fingerprint density at radius 3 is 2.17 bits per heavy atom. The van der Waals surface area contributed by atoms with Gasteiger partial charge in [0.05, 0.1) is 37.2 Å². The van der Waals surface area contributed by atoms with Crippen LogP contribution in [0.5, 0.6) is 0 Å². The van der Waals surface area contributed by atoms with Crippen LogP contribution in [0, 0.1) is 11.3 Å². The number of rotatable bonds is 29. The summed E-state index contributed by atoms with van der Waals surface area (Å²) in [6.07, 6.45) is 27.9. The fraction of sp³-hybridized carbons (Fsp3) is 0.707. The van der Waals surface area contributed by atoms with Crippen molar-refractivity contribution in [3.63, 3.8) is 0 Å². The van der Waals surface area contributed by atoms with Gasteiger partial charge >= 0.3 is 7.82 Å². The molecule has 1 saturated heterocycles. The first kappa shape index (κ1) is 43.8. The number of aromatic nitrogens is 4. The van der Waals surface area contributed by atoms with Gasteiger partial charge in [0.1, 0.15) is 29.7 Å². The number of anilines is 1. The van der Waals surface area contributed by atoms with Gasteiger partial charge in [-0.1, -0.05) is 129 Å². The quantitative estimate of drug-likeness (QED) is 0.0509. The summed E-state index contributed by atoms with van der Waals surface area (Å²) < 4.78 is 38.2. The van der Waals surface area contributed by atoms with Crippen LogP contribution < -0.4 is 5.73 Å². The van der Waals surface area contributed by atoms with Crippen LogP contribution in [0.3, 0.4) is 0 Å². The molecule has 0 radical (unpaired) electrons. The van der Waals surface area contributed by atoms with Crippen LogP contribution in [0.4, 0.5) is 5.82 Å². The normalized spacial score (nSPS) is 18.9. The highest BCUT2D eigenvalue weighted by molar-refractivity contribution is 7.47. The number of phosphoric ester groups is 1. The number of fused-ring (bicyclic) bond motifs is 1. The maximum Gasteiger partial charge on any atom is 0.472 e. The molecule has 4 heterocycles. The molecule has 54 heavy (non-hydrogen) atoms. The molecular formula is C41H65N6O6P. The number of hydrogen-bond acceptors (Lipinski definition) is 10. The first-order valence-corrected chi connectivity index (χ1v) is 22.1. The van der Waals surface area contributed by atoms with Gasteiger partial charge in [0.2, 0.25) is 0 Å². The summed E-state index contributed by atoms with van der Waals surface area (Å²) in [5.74, 6) is 0.384. The fourth-order valence-electron chi connectivity index (χ4n) is 7.14. The first-order chi connectivity index (χ1) is 26.2. The van der Waals surface area contributed by atoms with Gasteiger partial charge in [-0.15, -0.1) is 0 Å². The first-order valence-electron chi connectivity index (χ1n) is 20.6. The van der Waals surface area contributed by atoms with E-state index < -0.39 is 19.5 Å². The van der Waals surface area contributed by atoms with Crippen LogP contribution in [0.25, 0.3) is 5.52 Å². The van der Waals surface area contributed by atoms with Gasteiger partial charge in [0.15, 0.2) is 5.82 Å². The molecule has 0 aliphatic carbocycles. The van der Waals surface area contributed by atoms with E-state index in [0.29, 0.717) is 36.3 Å². The Balaban J connectivity index is 1.12. The molecule has 0 aromatic carbocycles. The number of nitriles is 1. The van der Waals surface area contributed by atoms with Crippen LogP contribution in [0.15, 0.2) is 36.8 Å². The smallest absolute Gasteiger partial charge is 0.382 e. The second-order valence-corrected chi connectivity index (χ2v) is 16.7. The third-order valence-corrected chi connectivity index (χ3v) is 11.4. The molecule has 0 bridgehead atoms. The van der Waals surface area contributed by atoms with Gasteiger partial charge in [0, 0.05) is 6.20 Å². The maximum atomic E-state index is 13.1. The van der Waals surface area contributed by atoms with Crippen LogP contribution in [-0.2, 0) is 29.7 Å². The number of unbranched alkanes of at least 4 members (excludes halogenated alkanes) is 17. The van der Waals surface area contributed by atoms with E-state index in [1.54, 1.807) is 22.8 Å². The summed E-state index contributed by atoms with van der Waals surface area (Å²) in [4.78, 5) is 18.8. The highest BCUT2D eigenvalue weighted by Crippen LogP contribution is 2.47. The number of nitrogen functional groups attached to an aromatic ring is 1. The summed E-state index contributed by atoms with van der Waals surface area (Å²) in [5, 5.41) is 13.4. The summed E-state index contributed by atoms with van der Waals surface area (Å²) in [7, 11) is -4.40. The minimum atomic E-state index is -4.40. The highest BCUT2D eigenvalue weighted by Gasteiger charge is 2.40. The van der Waals surface area contributed by atoms with E-state index in [2.05, 4.69) is 22.0 Å². The van der Waals surface area contributed by atoms with E-state index in [4.69, 9.17) is 29.5 Å². The number of nitrogens with two attached hydrogens (primary N) is 1. The standard InChI is InChI=1S/C41H65N6O6P/c1-3-4-5-6-7-8-9-10-11-12-13-14-15-16-17-18-19-20-21-36(50-30-34-22-23-35(28-42)44-29-34)31-51-54(48,49)52-32-41(2)27-26-39(53-41)37-24-25-38-40(43)45-33-46-47(37)38/h22-25,29,33,36,39H,3-21,26-27,30-32H2,1-2H3,(H,48,49)(H2,43,45,46)/t36-,39-,41+/m1/s1. The van der Waals surface area contributed by atoms with Gasteiger partial charge in [-0.05, 0) is 49.9 Å². The minimum absolute atomic E-state index is 0.0894. The maximum absolute atomic E-state index is 13.1. The van der Waals surface area contributed by atoms with E-state index in [9.17, 15) is 9.46 Å². The number of pyridine rings is 1. The average Bonchev–Trinajstić information content (AvgIpc) is 3.79. The predicted molar refractivity (Wildman–Crippen MR) is 212 cm³/mol. The molecule has 1 fully saturated rings. The van der Waals surface area contributed by atoms with Crippen molar-refractivity contribution >= 4 is 19.2 Å². The third kappa shape index (κ3) is 15.7. The van der Waals surface area contributed by atoms with Gasteiger partial charge in [0.25, 0.3) is 0 Å². The van der Waals surface area contributed by atoms with Crippen LogP contribution in [-0.4, -0.2) is 49.4 Å². The van der Waals surface area contributed by atoms with Crippen molar-refractivity contribution in [1.82, 2.24) is 19.6 Å². The molecule has 0 saturated carbocycles. The van der Waals surface area contributed by atoms with Crippen LogP contribution >= 0.6 is 7.82 Å². The second kappa shape index (κ2) is 23.9. The molecular weight excluding hydrogens is 703 g/mol. The summed E-state index contributed by atoms with van der Waals surface area (Å²) in [5.41, 5.74) is 7.88. The zero-order valence-electron chi connectivity index (χ0n) is 32.8. The fourth-order valence-corrected chi connectivity index (χ4v) is 8.01. The number of ether oxygens (including phenoxy) is 2. The van der Waals surface area contributed by atoms with Crippen molar-refractivity contribution in [3.8, 4) is 6.07 Å². The van der Waals surface area contributed by atoms with E-state index in [1.807, 2.05) is 25.1 Å². The molecule has 3 N–H and O–H groups in total. The summed E-state index contributed by atoms with van der Waals surface area (Å²) >= 11 is 0. The molecule has 300 valence electrons. The zero-order chi connectivity index (χ0) is 38.5. The number of phosphoric acid groups is 1. The Morgan fingerprint density at radius 1 is 0.944 bits per heavy atom. The van der Waals surface area contributed by atoms with Crippen molar-refractivity contribution in [1.29, 1.82) is 5.26 Å². The van der Waals surface area contributed by atoms with E-state index in [-0.39, 0.29) is 25.9 Å². The van der Waals surface area contributed by atoms with Gasteiger partial charge < -0.3 is 20.1 Å². The van der Waals surface area contributed by atoms with Crippen molar-refractivity contribution in [2.75, 3.05) is 18.9 Å². The van der Waals surface area contributed by atoms with E-state index in [0.717, 1.165) is 30.5 Å². The summed E-state index contributed by atoms with van der Waals surface area (Å²) in [6, 6.07) is 9.23. The lowest BCUT2D eigenvalue weighted by molar-refractivity contribution is -0.0663. The molecule has 1 unspecified atom stereocenters. The van der Waals surface area contributed by atoms with Crippen molar-refractivity contribution < 1.29 is 28.0 Å².